The molecule has 0 amide bonds. The third kappa shape index (κ3) is 4.63. The van der Waals surface area contributed by atoms with Crippen molar-refractivity contribution >= 4 is 23.1 Å². The summed E-state index contributed by atoms with van der Waals surface area (Å²) in [6.45, 7) is 5.04. The van der Waals surface area contributed by atoms with E-state index < -0.39 is 0 Å². The molecule has 0 radical (unpaired) electrons. The lowest BCUT2D eigenvalue weighted by Crippen LogP contribution is -2.43. The summed E-state index contributed by atoms with van der Waals surface area (Å²) in [7, 11) is 0. The summed E-state index contributed by atoms with van der Waals surface area (Å²) in [6, 6.07) is 25.6. The largest absolute Gasteiger partial charge is 0.295 e. The fourth-order valence-corrected chi connectivity index (χ4v) is 3.53. The lowest BCUT2D eigenvalue weighted by atomic mass is 10.0. The lowest BCUT2D eigenvalue weighted by molar-refractivity contribution is 0.131. The summed E-state index contributed by atoms with van der Waals surface area (Å²) in [5.74, 6) is 0. The zero-order chi connectivity index (χ0) is 18.3. The van der Waals surface area contributed by atoms with E-state index in [-0.39, 0.29) is 0 Å². The summed E-state index contributed by atoms with van der Waals surface area (Å²) in [5, 5.41) is 9.44. The quantitative estimate of drug-likeness (QED) is 0.620. The molecule has 3 aromatic carbocycles. The first-order valence-corrected chi connectivity index (χ1v) is 9.58. The SMILES string of the molecule is C(=Cc1ccccc1)C=NN1CCN(Cc2cccc3ccccc23)CC1. The van der Waals surface area contributed by atoms with Crippen LogP contribution in [0.1, 0.15) is 11.1 Å². The molecule has 0 aliphatic carbocycles. The van der Waals surface area contributed by atoms with Crippen LogP contribution in [0.5, 0.6) is 0 Å². The van der Waals surface area contributed by atoms with E-state index in [0.29, 0.717) is 0 Å². The molecule has 0 aromatic heterocycles. The molecule has 0 unspecified atom stereocenters. The van der Waals surface area contributed by atoms with Gasteiger partial charge in [-0.2, -0.15) is 5.10 Å². The van der Waals surface area contributed by atoms with E-state index in [1.54, 1.807) is 0 Å². The first kappa shape index (κ1) is 17.5. The zero-order valence-corrected chi connectivity index (χ0v) is 15.5. The van der Waals surface area contributed by atoms with Crippen molar-refractivity contribution < 1.29 is 0 Å². The van der Waals surface area contributed by atoms with Crippen molar-refractivity contribution in [3.63, 3.8) is 0 Å². The number of allylic oxidation sites excluding steroid dienone is 1. The predicted molar refractivity (Wildman–Crippen MR) is 115 cm³/mol. The molecule has 4 rings (SSSR count). The van der Waals surface area contributed by atoms with Gasteiger partial charge in [-0.05, 0) is 28.0 Å². The van der Waals surface area contributed by atoms with Gasteiger partial charge >= 0.3 is 0 Å². The molecule has 3 aromatic rings. The minimum Gasteiger partial charge on any atom is -0.295 e. The topological polar surface area (TPSA) is 18.8 Å². The molecule has 3 nitrogen and oxygen atoms in total. The van der Waals surface area contributed by atoms with Crippen LogP contribution in [0.2, 0.25) is 0 Å². The number of fused-ring (bicyclic) bond motifs is 1. The number of benzene rings is 3. The Bertz CT molecular complexity index is 917. The second kappa shape index (κ2) is 8.65. The van der Waals surface area contributed by atoms with Crippen molar-refractivity contribution in [2.75, 3.05) is 26.2 Å². The van der Waals surface area contributed by atoms with Crippen molar-refractivity contribution in [3.05, 3.63) is 90.0 Å². The molecular formula is C24H25N3. The summed E-state index contributed by atoms with van der Waals surface area (Å²) in [4.78, 5) is 2.52. The Labute approximate surface area is 161 Å². The maximum atomic E-state index is 4.58. The van der Waals surface area contributed by atoms with E-state index in [2.05, 4.69) is 75.7 Å². The van der Waals surface area contributed by atoms with Gasteiger partial charge in [0.2, 0.25) is 0 Å². The molecule has 1 saturated heterocycles. The molecule has 136 valence electrons. The maximum Gasteiger partial charge on any atom is 0.0488 e. The highest BCUT2D eigenvalue weighted by Crippen LogP contribution is 2.20. The molecule has 1 aliphatic heterocycles. The number of hydrogen-bond acceptors (Lipinski definition) is 3. The number of rotatable bonds is 5. The van der Waals surface area contributed by atoms with Gasteiger partial charge < -0.3 is 0 Å². The van der Waals surface area contributed by atoms with Gasteiger partial charge in [0, 0.05) is 38.9 Å². The molecule has 0 bridgehead atoms. The zero-order valence-electron chi connectivity index (χ0n) is 15.5. The minimum absolute atomic E-state index is 0.973. The van der Waals surface area contributed by atoms with Crippen LogP contribution in [0, 0.1) is 0 Å². The Hall–Kier alpha value is -2.91. The van der Waals surface area contributed by atoms with E-state index in [4.69, 9.17) is 0 Å². The lowest BCUT2D eigenvalue weighted by Gasteiger charge is -2.33. The normalized spacial score (nSPS) is 15.9. The van der Waals surface area contributed by atoms with Crippen LogP contribution in [0.4, 0.5) is 0 Å². The van der Waals surface area contributed by atoms with Crippen LogP contribution >= 0.6 is 0 Å². The third-order valence-electron chi connectivity index (χ3n) is 5.03. The van der Waals surface area contributed by atoms with Crippen LogP contribution < -0.4 is 0 Å². The van der Waals surface area contributed by atoms with Crippen molar-refractivity contribution in [2.45, 2.75) is 6.54 Å². The number of piperazine rings is 1. The standard InChI is InChI=1S/C24H25N3/c1-2-8-21(9-3-1)10-7-15-25-27-18-16-26(17-19-27)20-23-13-6-12-22-11-4-5-14-24(22)23/h1-15H,16-20H2. The van der Waals surface area contributed by atoms with E-state index in [1.165, 1.54) is 21.9 Å². The number of hydrazone groups is 1. The molecule has 1 aliphatic rings. The summed E-state index contributed by atoms with van der Waals surface area (Å²) in [6.07, 6.45) is 5.99. The maximum absolute atomic E-state index is 4.58. The minimum atomic E-state index is 0.973. The second-order valence-electron chi connectivity index (χ2n) is 6.90. The van der Waals surface area contributed by atoms with E-state index in [1.807, 2.05) is 30.5 Å². The molecule has 1 heterocycles. The van der Waals surface area contributed by atoms with Crippen LogP contribution in [0.25, 0.3) is 16.8 Å². The van der Waals surface area contributed by atoms with Crippen molar-refractivity contribution in [2.24, 2.45) is 5.10 Å². The summed E-state index contributed by atoms with van der Waals surface area (Å²) >= 11 is 0. The van der Waals surface area contributed by atoms with Gasteiger partial charge in [0.25, 0.3) is 0 Å². The Morgan fingerprint density at radius 2 is 1.52 bits per heavy atom. The molecule has 0 N–H and O–H groups in total. The monoisotopic (exact) mass is 355 g/mol. The van der Waals surface area contributed by atoms with Gasteiger partial charge in [-0.15, -0.1) is 0 Å². The Kier molecular flexibility index (Phi) is 5.61. The molecule has 0 atom stereocenters. The second-order valence-corrected chi connectivity index (χ2v) is 6.90. The Morgan fingerprint density at radius 3 is 2.37 bits per heavy atom. The first-order valence-electron chi connectivity index (χ1n) is 9.58. The van der Waals surface area contributed by atoms with Crippen LogP contribution in [0.15, 0.2) is 84.0 Å². The van der Waals surface area contributed by atoms with Gasteiger partial charge in [-0.25, -0.2) is 0 Å². The Balaban J connectivity index is 1.30. The van der Waals surface area contributed by atoms with Crippen molar-refractivity contribution in [3.8, 4) is 0 Å². The van der Waals surface area contributed by atoms with Gasteiger partial charge in [0.15, 0.2) is 0 Å². The highest BCUT2D eigenvalue weighted by atomic mass is 15.5. The van der Waals surface area contributed by atoms with E-state index in [0.717, 1.165) is 32.7 Å². The molecule has 3 heteroatoms. The Morgan fingerprint density at radius 1 is 0.778 bits per heavy atom. The summed E-state index contributed by atoms with van der Waals surface area (Å²) < 4.78 is 0. The highest BCUT2D eigenvalue weighted by Gasteiger charge is 2.16. The summed E-state index contributed by atoms with van der Waals surface area (Å²) in [5.41, 5.74) is 2.61. The number of nitrogens with zero attached hydrogens (tertiary/aromatic N) is 3. The van der Waals surface area contributed by atoms with E-state index >= 15 is 0 Å². The highest BCUT2D eigenvalue weighted by molar-refractivity contribution is 5.85. The average molecular weight is 355 g/mol. The van der Waals surface area contributed by atoms with Gasteiger partial charge in [-0.3, -0.25) is 9.91 Å². The van der Waals surface area contributed by atoms with Crippen molar-refractivity contribution in [1.82, 2.24) is 9.91 Å². The number of hydrogen-bond donors (Lipinski definition) is 0. The molecule has 27 heavy (non-hydrogen) atoms. The molecule has 1 fully saturated rings. The fraction of sp³-hybridized carbons (Fsp3) is 0.208. The molecule has 0 spiro atoms. The van der Waals surface area contributed by atoms with Gasteiger partial charge in [0.05, 0.1) is 0 Å². The molecular weight excluding hydrogens is 330 g/mol. The van der Waals surface area contributed by atoms with Crippen LogP contribution in [-0.4, -0.2) is 42.3 Å². The van der Waals surface area contributed by atoms with Crippen LogP contribution in [0.3, 0.4) is 0 Å². The van der Waals surface area contributed by atoms with Crippen molar-refractivity contribution in [1.29, 1.82) is 0 Å². The van der Waals surface area contributed by atoms with Gasteiger partial charge in [-0.1, -0.05) is 78.9 Å². The van der Waals surface area contributed by atoms with E-state index in [9.17, 15) is 0 Å². The first-order chi connectivity index (χ1) is 13.4. The average Bonchev–Trinajstić information content (AvgIpc) is 2.73. The smallest absolute Gasteiger partial charge is 0.0488 e. The predicted octanol–water partition coefficient (Wildman–Crippen LogP) is 4.66. The third-order valence-corrected chi connectivity index (χ3v) is 5.03. The van der Waals surface area contributed by atoms with Crippen LogP contribution in [-0.2, 0) is 6.54 Å². The fourth-order valence-electron chi connectivity index (χ4n) is 3.53. The van der Waals surface area contributed by atoms with Gasteiger partial charge in [0.1, 0.15) is 0 Å². The molecule has 0 saturated carbocycles.